The second kappa shape index (κ2) is 8.03. The van der Waals surface area contributed by atoms with Gasteiger partial charge in [-0.1, -0.05) is 24.6 Å². The molecule has 0 radical (unpaired) electrons. The van der Waals surface area contributed by atoms with Crippen LogP contribution in [0.3, 0.4) is 0 Å². The van der Waals surface area contributed by atoms with E-state index in [9.17, 15) is 9.59 Å². The van der Waals surface area contributed by atoms with Gasteiger partial charge in [-0.25, -0.2) is 4.79 Å². The lowest BCUT2D eigenvalue weighted by Crippen LogP contribution is -2.39. The summed E-state index contributed by atoms with van der Waals surface area (Å²) in [6, 6.07) is 6.94. The molecule has 1 aliphatic rings. The van der Waals surface area contributed by atoms with Gasteiger partial charge in [0.1, 0.15) is 0 Å². The summed E-state index contributed by atoms with van der Waals surface area (Å²) in [5.74, 6) is 0.180. The first-order chi connectivity index (χ1) is 10.6. The Kier molecular flexibility index (Phi) is 6.07. The van der Waals surface area contributed by atoms with Crippen LogP contribution in [0.15, 0.2) is 24.3 Å². The van der Waals surface area contributed by atoms with Gasteiger partial charge in [-0.15, -0.1) is 0 Å². The first kappa shape index (κ1) is 16.6. The molecule has 0 spiro atoms. The molecule has 1 heterocycles. The number of rotatable bonds is 3. The van der Waals surface area contributed by atoms with Gasteiger partial charge in [0.05, 0.1) is 0 Å². The van der Waals surface area contributed by atoms with Crippen molar-refractivity contribution in [1.82, 2.24) is 9.80 Å². The zero-order chi connectivity index (χ0) is 15.9. The number of carbonyl (C=O) groups excluding carboxylic acids is 2. The van der Waals surface area contributed by atoms with E-state index in [4.69, 9.17) is 11.6 Å². The second-order valence-electron chi connectivity index (χ2n) is 5.41. The predicted molar refractivity (Wildman–Crippen MR) is 88.1 cm³/mol. The largest absolute Gasteiger partial charge is 0.341 e. The number of halogens is 1. The van der Waals surface area contributed by atoms with E-state index in [-0.39, 0.29) is 11.9 Å². The lowest BCUT2D eigenvalue weighted by molar-refractivity contribution is -0.131. The highest BCUT2D eigenvalue weighted by atomic mass is 35.5. The van der Waals surface area contributed by atoms with E-state index in [1.165, 1.54) is 0 Å². The van der Waals surface area contributed by atoms with E-state index in [0.717, 1.165) is 19.4 Å². The van der Waals surface area contributed by atoms with Crippen molar-refractivity contribution in [2.75, 3.05) is 31.5 Å². The fraction of sp³-hybridized carbons (Fsp3) is 0.500. The van der Waals surface area contributed by atoms with E-state index in [0.29, 0.717) is 36.8 Å². The van der Waals surface area contributed by atoms with Crippen molar-refractivity contribution in [3.05, 3.63) is 29.3 Å². The molecule has 1 aliphatic heterocycles. The summed E-state index contributed by atoms with van der Waals surface area (Å²) in [4.78, 5) is 27.9. The average molecular weight is 324 g/mol. The summed E-state index contributed by atoms with van der Waals surface area (Å²) in [5, 5.41) is 3.44. The van der Waals surface area contributed by atoms with Crippen LogP contribution in [0.4, 0.5) is 10.5 Å². The molecule has 120 valence electrons. The van der Waals surface area contributed by atoms with E-state index in [2.05, 4.69) is 5.32 Å². The van der Waals surface area contributed by atoms with Crippen LogP contribution in [0.2, 0.25) is 5.02 Å². The number of hydrogen-bond donors (Lipinski definition) is 1. The zero-order valence-electron chi connectivity index (χ0n) is 12.8. The number of nitrogens with zero attached hydrogens (tertiary/aromatic N) is 2. The number of anilines is 1. The first-order valence-corrected chi connectivity index (χ1v) is 8.07. The number of amides is 3. The molecule has 0 unspecified atom stereocenters. The van der Waals surface area contributed by atoms with Gasteiger partial charge < -0.3 is 15.1 Å². The maximum Gasteiger partial charge on any atom is 0.321 e. The lowest BCUT2D eigenvalue weighted by atomic mass is 10.3. The van der Waals surface area contributed by atoms with Gasteiger partial charge in [0, 0.05) is 43.3 Å². The fourth-order valence-corrected chi connectivity index (χ4v) is 2.70. The van der Waals surface area contributed by atoms with E-state index >= 15 is 0 Å². The average Bonchev–Trinajstić information content (AvgIpc) is 2.73. The van der Waals surface area contributed by atoms with Gasteiger partial charge in [0.25, 0.3) is 0 Å². The summed E-state index contributed by atoms with van der Waals surface area (Å²) in [7, 11) is 0. The molecule has 0 aliphatic carbocycles. The van der Waals surface area contributed by atoms with Crippen molar-refractivity contribution in [1.29, 1.82) is 0 Å². The number of urea groups is 1. The zero-order valence-corrected chi connectivity index (χ0v) is 13.6. The Balaban J connectivity index is 1.90. The van der Waals surface area contributed by atoms with Gasteiger partial charge in [0.2, 0.25) is 5.91 Å². The van der Waals surface area contributed by atoms with Crippen LogP contribution in [0, 0.1) is 0 Å². The summed E-state index contributed by atoms with van der Waals surface area (Å²) in [6.07, 6.45) is 2.24. The Labute approximate surface area is 136 Å². The first-order valence-electron chi connectivity index (χ1n) is 7.69. The minimum atomic E-state index is -0.146. The molecule has 0 bridgehead atoms. The molecule has 2 rings (SSSR count). The highest BCUT2D eigenvalue weighted by Gasteiger charge is 2.21. The summed E-state index contributed by atoms with van der Waals surface area (Å²) in [6.45, 7) is 4.53. The topological polar surface area (TPSA) is 52.7 Å². The summed E-state index contributed by atoms with van der Waals surface area (Å²) in [5.41, 5.74) is 0.681. The third kappa shape index (κ3) is 4.63. The van der Waals surface area contributed by atoms with Gasteiger partial charge >= 0.3 is 6.03 Å². The van der Waals surface area contributed by atoms with Crippen molar-refractivity contribution in [2.45, 2.75) is 26.2 Å². The minimum Gasteiger partial charge on any atom is -0.341 e. The molecule has 1 aromatic rings. The fourth-order valence-electron chi connectivity index (χ4n) is 2.51. The number of nitrogens with one attached hydrogen (secondary N) is 1. The maximum atomic E-state index is 12.3. The highest BCUT2D eigenvalue weighted by molar-refractivity contribution is 6.30. The van der Waals surface area contributed by atoms with Gasteiger partial charge in [-0.2, -0.15) is 0 Å². The van der Waals surface area contributed by atoms with E-state index < -0.39 is 0 Å². The van der Waals surface area contributed by atoms with Crippen LogP contribution in [0.5, 0.6) is 0 Å². The molecule has 6 heteroatoms. The van der Waals surface area contributed by atoms with Crippen LogP contribution >= 0.6 is 11.6 Å². The molecule has 5 nitrogen and oxygen atoms in total. The number of hydrogen-bond acceptors (Lipinski definition) is 2. The number of carbonyl (C=O) groups is 2. The SMILES string of the molecule is CCCC(=O)N1CCCN(C(=O)Nc2cccc(Cl)c2)CC1. The monoisotopic (exact) mass is 323 g/mol. The molecular formula is C16H22ClN3O2. The molecule has 0 atom stereocenters. The molecule has 1 aromatic carbocycles. The summed E-state index contributed by atoms with van der Waals surface area (Å²) < 4.78 is 0. The predicted octanol–water partition coefficient (Wildman–Crippen LogP) is 3.21. The molecule has 0 aromatic heterocycles. The Hall–Kier alpha value is -1.75. The number of benzene rings is 1. The molecule has 1 saturated heterocycles. The Morgan fingerprint density at radius 1 is 1.18 bits per heavy atom. The second-order valence-corrected chi connectivity index (χ2v) is 5.85. The smallest absolute Gasteiger partial charge is 0.321 e. The van der Waals surface area contributed by atoms with Crippen molar-refractivity contribution >= 4 is 29.2 Å². The molecule has 3 amide bonds. The van der Waals surface area contributed by atoms with Crippen molar-refractivity contribution in [3.63, 3.8) is 0 Å². The third-order valence-corrected chi connectivity index (χ3v) is 3.91. The van der Waals surface area contributed by atoms with Gasteiger partial charge in [-0.3, -0.25) is 4.79 Å². The molecule has 1 fully saturated rings. The minimum absolute atomic E-state index is 0.146. The third-order valence-electron chi connectivity index (χ3n) is 3.68. The van der Waals surface area contributed by atoms with Crippen molar-refractivity contribution < 1.29 is 9.59 Å². The summed E-state index contributed by atoms with van der Waals surface area (Å²) >= 11 is 5.91. The highest BCUT2D eigenvalue weighted by Crippen LogP contribution is 2.16. The van der Waals surface area contributed by atoms with Crippen LogP contribution in [0.1, 0.15) is 26.2 Å². The van der Waals surface area contributed by atoms with Crippen molar-refractivity contribution in [2.24, 2.45) is 0 Å². The lowest BCUT2D eigenvalue weighted by Gasteiger charge is -2.22. The maximum absolute atomic E-state index is 12.3. The van der Waals surface area contributed by atoms with Gasteiger partial charge in [-0.05, 0) is 31.0 Å². The van der Waals surface area contributed by atoms with Gasteiger partial charge in [0.15, 0.2) is 0 Å². The molecule has 22 heavy (non-hydrogen) atoms. The Bertz CT molecular complexity index is 536. The molecule has 0 saturated carbocycles. The van der Waals surface area contributed by atoms with E-state index in [1.54, 1.807) is 29.2 Å². The van der Waals surface area contributed by atoms with Crippen LogP contribution in [-0.2, 0) is 4.79 Å². The Morgan fingerprint density at radius 2 is 1.91 bits per heavy atom. The van der Waals surface area contributed by atoms with Crippen LogP contribution < -0.4 is 5.32 Å². The van der Waals surface area contributed by atoms with Crippen LogP contribution in [-0.4, -0.2) is 47.9 Å². The van der Waals surface area contributed by atoms with Crippen molar-refractivity contribution in [3.8, 4) is 0 Å². The van der Waals surface area contributed by atoms with E-state index in [1.807, 2.05) is 11.8 Å². The standard InChI is InChI=1S/C16H22ClN3O2/c1-2-5-15(21)19-8-4-9-20(11-10-19)16(22)18-14-7-3-6-13(17)12-14/h3,6-7,12H,2,4-5,8-11H2,1H3,(H,18,22). The quantitative estimate of drug-likeness (QED) is 0.928. The molecule has 1 N–H and O–H groups in total. The Morgan fingerprint density at radius 3 is 2.64 bits per heavy atom. The normalized spacial score (nSPS) is 15.4. The molecular weight excluding hydrogens is 302 g/mol. The van der Waals surface area contributed by atoms with Crippen LogP contribution in [0.25, 0.3) is 0 Å².